The van der Waals surface area contributed by atoms with Gasteiger partial charge in [0.25, 0.3) is 0 Å². The number of amides is 1. The van der Waals surface area contributed by atoms with Crippen molar-refractivity contribution in [3.8, 4) is 0 Å². The van der Waals surface area contributed by atoms with E-state index in [-0.39, 0.29) is 17.9 Å². The predicted octanol–water partition coefficient (Wildman–Crippen LogP) is 1.80. The van der Waals surface area contributed by atoms with E-state index in [4.69, 9.17) is 17.3 Å². The van der Waals surface area contributed by atoms with Crippen molar-refractivity contribution in [3.63, 3.8) is 0 Å². The standard InChI is InChI=1S/C11H14ClN3O/c12-9-5-2-6-10(14-9)15-11(16)7-3-1-4-8(7)13/h2,5-8H,1,3-4,13H2,(H,14,15,16). The van der Waals surface area contributed by atoms with E-state index >= 15 is 0 Å². The van der Waals surface area contributed by atoms with Crippen molar-refractivity contribution in [1.29, 1.82) is 0 Å². The molecule has 1 heterocycles. The molecule has 86 valence electrons. The first kappa shape index (κ1) is 11.4. The fraction of sp³-hybridized carbons (Fsp3) is 0.455. The molecule has 1 fully saturated rings. The minimum atomic E-state index is -0.0965. The molecule has 1 aromatic heterocycles. The Bertz CT molecular complexity index is 397. The summed E-state index contributed by atoms with van der Waals surface area (Å²) in [7, 11) is 0. The van der Waals surface area contributed by atoms with Crippen LogP contribution in [0.4, 0.5) is 5.82 Å². The van der Waals surface area contributed by atoms with E-state index in [1.807, 2.05) is 0 Å². The molecule has 1 saturated carbocycles. The van der Waals surface area contributed by atoms with E-state index in [9.17, 15) is 4.79 Å². The number of hydrogen-bond donors (Lipinski definition) is 2. The second-order valence-corrected chi connectivity index (χ2v) is 4.42. The Hall–Kier alpha value is -1.13. The molecule has 2 rings (SSSR count). The second kappa shape index (κ2) is 4.80. The lowest BCUT2D eigenvalue weighted by Crippen LogP contribution is -2.34. The van der Waals surface area contributed by atoms with Crippen LogP contribution in [0.5, 0.6) is 0 Å². The number of rotatable bonds is 2. The Morgan fingerprint density at radius 2 is 2.31 bits per heavy atom. The lowest BCUT2D eigenvalue weighted by atomic mass is 10.0. The number of carbonyl (C=O) groups excluding carboxylic acids is 1. The van der Waals surface area contributed by atoms with Gasteiger partial charge in [0.1, 0.15) is 11.0 Å². The molecule has 2 unspecified atom stereocenters. The van der Waals surface area contributed by atoms with Gasteiger partial charge in [-0.2, -0.15) is 0 Å². The number of nitrogens with two attached hydrogens (primary N) is 1. The van der Waals surface area contributed by atoms with Crippen molar-refractivity contribution in [3.05, 3.63) is 23.4 Å². The van der Waals surface area contributed by atoms with Gasteiger partial charge in [-0.05, 0) is 25.0 Å². The lowest BCUT2D eigenvalue weighted by molar-refractivity contribution is -0.120. The molecule has 3 N–H and O–H groups in total. The molecule has 2 atom stereocenters. The topological polar surface area (TPSA) is 68.0 Å². The number of pyridine rings is 1. The van der Waals surface area contributed by atoms with Crippen LogP contribution in [0.1, 0.15) is 19.3 Å². The highest BCUT2D eigenvalue weighted by Gasteiger charge is 2.30. The maximum atomic E-state index is 11.9. The molecule has 1 aliphatic carbocycles. The van der Waals surface area contributed by atoms with Crippen LogP contribution in [-0.4, -0.2) is 16.9 Å². The molecule has 0 bridgehead atoms. The summed E-state index contributed by atoms with van der Waals surface area (Å²) in [5.41, 5.74) is 5.86. The molecule has 0 saturated heterocycles. The molecule has 1 aromatic rings. The minimum absolute atomic E-state index is 0.0285. The Balaban J connectivity index is 2.02. The van der Waals surface area contributed by atoms with Crippen LogP contribution in [0.3, 0.4) is 0 Å². The van der Waals surface area contributed by atoms with Crippen LogP contribution in [0.25, 0.3) is 0 Å². The number of anilines is 1. The maximum Gasteiger partial charge on any atom is 0.230 e. The van der Waals surface area contributed by atoms with Crippen molar-refractivity contribution < 1.29 is 4.79 Å². The Kier molecular flexibility index (Phi) is 3.41. The van der Waals surface area contributed by atoms with Gasteiger partial charge in [0.2, 0.25) is 5.91 Å². The zero-order valence-corrected chi connectivity index (χ0v) is 9.57. The normalized spacial score (nSPS) is 24.4. The van der Waals surface area contributed by atoms with E-state index in [2.05, 4.69) is 10.3 Å². The van der Waals surface area contributed by atoms with Gasteiger partial charge in [0.05, 0.1) is 5.92 Å². The Morgan fingerprint density at radius 1 is 1.50 bits per heavy atom. The summed E-state index contributed by atoms with van der Waals surface area (Å²) in [5, 5.41) is 3.11. The van der Waals surface area contributed by atoms with Gasteiger partial charge >= 0.3 is 0 Å². The smallest absolute Gasteiger partial charge is 0.230 e. The predicted molar refractivity (Wildman–Crippen MR) is 63.2 cm³/mol. The van der Waals surface area contributed by atoms with Crippen molar-refractivity contribution in [2.45, 2.75) is 25.3 Å². The third-order valence-electron chi connectivity index (χ3n) is 2.87. The first-order valence-electron chi connectivity index (χ1n) is 5.36. The van der Waals surface area contributed by atoms with Gasteiger partial charge in [-0.1, -0.05) is 24.1 Å². The maximum absolute atomic E-state index is 11.9. The zero-order chi connectivity index (χ0) is 11.5. The van der Waals surface area contributed by atoms with Crippen LogP contribution in [0.2, 0.25) is 5.15 Å². The molecule has 0 aromatic carbocycles. The summed E-state index contributed by atoms with van der Waals surface area (Å²) in [6.45, 7) is 0. The largest absolute Gasteiger partial charge is 0.327 e. The lowest BCUT2D eigenvalue weighted by Gasteiger charge is -2.14. The molecule has 4 nitrogen and oxygen atoms in total. The van der Waals surface area contributed by atoms with Crippen molar-refractivity contribution in [2.75, 3.05) is 5.32 Å². The molecule has 1 amide bonds. The first-order valence-corrected chi connectivity index (χ1v) is 5.73. The van der Waals surface area contributed by atoms with Crippen molar-refractivity contribution in [2.24, 2.45) is 11.7 Å². The number of hydrogen-bond acceptors (Lipinski definition) is 3. The van der Waals surface area contributed by atoms with Crippen LogP contribution < -0.4 is 11.1 Å². The molecule has 0 radical (unpaired) electrons. The van der Waals surface area contributed by atoms with E-state index in [0.29, 0.717) is 11.0 Å². The molecule has 0 aliphatic heterocycles. The summed E-state index contributed by atoms with van der Waals surface area (Å²) in [6.07, 6.45) is 2.79. The molecule has 5 heteroatoms. The highest BCUT2D eigenvalue weighted by Crippen LogP contribution is 2.25. The van der Waals surface area contributed by atoms with Crippen LogP contribution in [0.15, 0.2) is 18.2 Å². The van der Waals surface area contributed by atoms with Gasteiger partial charge in [0.15, 0.2) is 0 Å². The summed E-state index contributed by atoms with van der Waals surface area (Å²) in [4.78, 5) is 15.9. The highest BCUT2D eigenvalue weighted by molar-refractivity contribution is 6.29. The summed E-state index contributed by atoms with van der Waals surface area (Å²) in [5.74, 6) is 0.331. The third-order valence-corrected chi connectivity index (χ3v) is 3.08. The molecular formula is C11H14ClN3O. The average molecular weight is 240 g/mol. The number of nitrogens with one attached hydrogen (secondary N) is 1. The average Bonchev–Trinajstić information content (AvgIpc) is 2.64. The summed E-state index contributed by atoms with van der Waals surface area (Å²) >= 11 is 5.73. The number of aromatic nitrogens is 1. The van der Waals surface area contributed by atoms with E-state index in [1.54, 1.807) is 18.2 Å². The Morgan fingerprint density at radius 3 is 2.94 bits per heavy atom. The molecule has 16 heavy (non-hydrogen) atoms. The fourth-order valence-electron chi connectivity index (χ4n) is 2.01. The first-order chi connectivity index (χ1) is 7.66. The second-order valence-electron chi connectivity index (χ2n) is 4.04. The van der Waals surface area contributed by atoms with E-state index < -0.39 is 0 Å². The number of halogens is 1. The van der Waals surface area contributed by atoms with Crippen molar-refractivity contribution >= 4 is 23.3 Å². The van der Waals surface area contributed by atoms with Gasteiger partial charge < -0.3 is 11.1 Å². The summed E-state index contributed by atoms with van der Waals surface area (Å²) < 4.78 is 0. The quantitative estimate of drug-likeness (QED) is 0.774. The van der Waals surface area contributed by atoms with Crippen LogP contribution in [0, 0.1) is 5.92 Å². The van der Waals surface area contributed by atoms with E-state index in [1.165, 1.54) is 0 Å². The monoisotopic (exact) mass is 239 g/mol. The minimum Gasteiger partial charge on any atom is -0.327 e. The van der Waals surface area contributed by atoms with Gasteiger partial charge in [-0.15, -0.1) is 0 Å². The molecular weight excluding hydrogens is 226 g/mol. The molecule has 0 spiro atoms. The Labute approximate surface area is 99.2 Å². The number of carbonyl (C=O) groups is 1. The van der Waals surface area contributed by atoms with Gasteiger partial charge in [-0.3, -0.25) is 4.79 Å². The highest BCUT2D eigenvalue weighted by atomic mass is 35.5. The third kappa shape index (κ3) is 2.51. The van der Waals surface area contributed by atoms with Crippen molar-refractivity contribution in [1.82, 2.24) is 4.98 Å². The number of nitrogens with zero attached hydrogens (tertiary/aromatic N) is 1. The van der Waals surface area contributed by atoms with Crippen LogP contribution >= 0.6 is 11.6 Å². The van der Waals surface area contributed by atoms with Gasteiger partial charge in [0, 0.05) is 6.04 Å². The molecule has 1 aliphatic rings. The fourth-order valence-corrected chi connectivity index (χ4v) is 2.17. The van der Waals surface area contributed by atoms with E-state index in [0.717, 1.165) is 19.3 Å². The zero-order valence-electron chi connectivity index (χ0n) is 8.82. The van der Waals surface area contributed by atoms with Crippen LogP contribution in [-0.2, 0) is 4.79 Å². The SMILES string of the molecule is NC1CCCC1C(=O)Nc1cccc(Cl)n1. The summed E-state index contributed by atoms with van der Waals surface area (Å²) in [6, 6.07) is 5.10. The van der Waals surface area contributed by atoms with Gasteiger partial charge in [-0.25, -0.2) is 4.98 Å².